The molecule has 9 nitrogen and oxygen atoms in total. The molecule has 246 valence electrons. The van der Waals surface area contributed by atoms with Gasteiger partial charge in [0.1, 0.15) is 51.6 Å². The molecule has 1 aromatic heterocycles. The van der Waals surface area contributed by atoms with E-state index in [1.54, 1.807) is 18.2 Å². The molecule has 6 rings (SSSR count). The molecule has 0 saturated heterocycles. The van der Waals surface area contributed by atoms with Crippen LogP contribution in [0.2, 0.25) is 0 Å². The highest BCUT2D eigenvalue weighted by Crippen LogP contribution is 2.52. The monoisotopic (exact) mass is 648 g/mol. The number of carbonyl (C=O) groups excluding carboxylic acids is 1. The first-order valence-corrected chi connectivity index (χ1v) is 15.5. The van der Waals surface area contributed by atoms with Crippen LogP contribution in [0.4, 0.5) is 0 Å². The van der Waals surface area contributed by atoms with Crippen LogP contribution in [-0.4, -0.2) is 41.5 Å². The van der Waals surface area contributed by atoms with Gasteiger partial charge in [0.05, 0.1) is 5.56 Å². The average molecular weight is 649 g/mol. The highest BCUT2D eigenvalue weighted by atomic mass is 16.3. The molecule has 5 aromatic rings. The molecule has 0 saturated carbocycles. The second-order valence-corrected chi connectivity index (χ2v) is 12.7. The van der Waals surface area contributed by atoms with Crippen molar-refractivity contribution in [3.05, 3.63) is 112 Å². The van der Waals surface area contributed by atoms with Gasteiger partial charge in [0.25, 0.3) is 0 Å². The number of allylic oxidation sites excluding steroid dienone is 4. The Hall–Kier alpha value is -5.83. The molecule has 0 bridgehead atoms. The lowest BCUT2D eigenvalue weighted by atomic mass is 9.65. The third-order valence-electron chi connectivity index (χ3n) is 8.99. The lowest BCUT2D eigenvalue weighted by molar-refractivity contribution is 0.0877. The van der Waals surface area contributed by atoms with Gasteiger partial charge in [-0.25, -0.2) is 0 Å². The number of carbonyl (C=O) groups is 1. The third-order valence-corrected chi connectivity index (χ3v) is 8.99. The summed E-state index contributed by atoms with van der Waals surface area (Å²) in [5, 5.41) is 75.0. The van der Waals surface area contributed by atoms with Crippen LogP contribution < -0.4 is 0 Å². The molecule has 1 aliphatic carbocycles. The fraction of sp³-hybridized carbons (Fsp3) is 0.205. The minimum Gasteiger partial charge on any atom is -0.508 e. The van der Waals surface area contributed by atoms with Crippen LogP contribution in [0.15, 0.2) is 94.4 Å². The van der Waals surface area contributed by atoms with Crippen molar-refractivity contribution in [2.24, 2.45) is 5.92 Å². The van der Waals surface area contributed by atoms with E-state index in [4.69, 9.17) is 4.42 Å². The standard InChI is InChI=1S/C39H36O9/c1-19(2)4-6-27-32(43)9-8-26(38(27)46)30-10-20(3)11-31(37(30)39(47)28-7-5-23(40)17-33(28)44)29-14-22-15-35(48-36(22)18-34(29)45)21-12-24(41)16-25(42)13-21/h4-5,7-9,11-18,30-31,37,40-46H,6,10H2,1-3H3. The lowest BCUT2D eigenvalue weighted by Gasteiger charge is -2.37. The highest BCUT2D eigenvalue weighted by molar-refractivity contribution is 6.02. The Balaban J connectivity index is 1.53. The zero-order valence-electron chi connectivity index (χ0n) is 26.6. The maximum Gasteiger partial charge on any atom is 0.171 e. The van der Waals surface area contributed by atoms with Crippen molar-refractivity contribution < 1.29 is 45.0 Å². The zero-order chi connectivity index (χ0) is 34.4. The van der Waals surface area contributed by atoms with Gasteiger partial charge in [0.15, 0.2) is 5.78 Å². The van der Waals surface area contributed by atoms with Gasteiger partial charge in [0.2, 0.25) is 0 Å². The van der Waals surface area contributed by atoms with Crippen molar-refractivity contribution in [3.63, 3.8) is 0 Å². The van der Waals surface area contributed by atoms with Crippen molar-refractivity contribution in [3.8, 4) is 51.6 Å². The molecule has 0 fully saturated rings. The largest absolute Gasteiger partial charge is 0.508 e. The average Bonchev–Trinajstić information content (AvgIpc) is 3.42. The highest BCUT2D eigenvalue weighted by Gasteiger charge is 2.42. The summed E-state index contributed by atoms with van der Waals surface area (Å²) in [7, 11) is 0. The van der Waals surface area contributed by atoms with Crippen LogP contribution in [0.3, 0.4) is 0 Å². The molecule has 48 heavy (non-hydrogen) atoms. The number of rotatable bonds is 7. The molecule has 7 N–H and O–H groups in total. The third kappa shape index (κ3) is 6.02. The smallest absolute Gasteiger partial charge is 0.171 e. The molecule has 0 radical (unpaired) electrons. The van der Waals surface area contributed by atoms with Crippen LogP contribution in [-0.2, 0) is 6.42 Å². The van der Waals surface area contributed by atoms with Crippen molar-refractivity contribution in [1.82, 2.24) is 0 Å². The van der Waals surface area contributed by atoms with Crippen molar-refractivity contribution in [2.45, 2.75) is 45.4 Å². The normalized spacial score (nSPS) is 17.6. The number of phenols is 7. The summed E-state index contributed by atoms with van der Waals surface area (Å²) in [6, 6.07) is 15.8. The number of aromatic hydroxyl groups is 7. The van der Waals surface area contributed by atoms with Crippen molar-refractivity contribution >= 4 is 16.8 Å². The maximum atomic E-state index is 14.6. The van der Waals surface area contributed by atoms with E-state index in [-0.39, 0.29) is 46.5 Å². The van der Waals surface area contributed by atoms with E-state index in [0.29, 0.717) is 45.4 Å². The number of furan rings is 1. The Labute approximate surface area is 276 Å². The molecule has 1 heterocycles. The number of hydrogen-bond acceptors (Lipinski definition) is 9. The van der Waals surface area contributed by atoms with E-state index >= 15 is 0 Å². The van der Waals surface area contributed by atoms with Gasteiger partial charge in [-0.2, -0.15) is 0 Å². The number of phenolic OH excluding ortho intramolecular Hbond substituents is 7. The summed E-state index contributed by atoms with van der Waals surface area (Å²) in [4.78, 5) is 14.6. The van der Waals surface area contributed by atoms with Gasteiger partial charge in [0, 0.05) is 58.0 Å². The minimum absolute atomic E-state index is 0.0290. The van der Waals surface area contributed by atoms with Crippen LogP contribution >= 0.6 is 0 Å². The lowest BCUT2D eigenvalue weighted by Crippen LogP contribution is -2.31. The molecule has 0 spiro atoms. The molecular formula is C39H36O9. The van der Waals surface area contributed by atoms with Crippen LogP contribution in [0.25, 0.3) is 22.3 Å². The fourth-order valence-corrected chi connectivity index (χ4v) is 6.73. The zero-order valence-corrected chi connectivity index (χ0v) is 26.6. The van der Waals surface area contributed by atoms with E-state index in [9.17, 15) is 40.5 Å². The Kier molecular flexibility index (Phi) is 8.30. The van der Waals surface area contributed by atoms with Gasteiger partial charge in [-0.1, -0.05) is 29.4 Å². The number of hydrogen-bond donors (Lipinski definition) is 7. The van der Waals surface area contributed by atoms with E-state index in [0.717, 1.165) is 17.2 Å². The Morgan fingerprint density at radius 2 is 1.52 bits per heavy atom. The first-order chi connectivity index (χ1) is 22.8. The molecule has 4 aromatic carbocycles. The first kappa shape index (κ1) is 32.1. The van der Waals surface area contributed by atoms with Gasteiger partial charge < -0.3 is 40.2 Å². The van der Waals surface area contributed by atoms with E-state index in [1.165, 1.54) is 42.5 Å². The summed E-state index contributed by atoms with van der Waals surface area (Å²) in [5.74, 6) is -3.74. The summed E-state index contributed by atoms with van der Waals surface area (Å²) in [6.45, 7) is 5.73. The van der Waals surface area contributed by atoms with Crippen molar-refractivity contribution in [1.29, 1.82) is 0 Å². The Morgan fingerprint density at radius 3 is 2.21 bits per heavy atom. The van der Waals surface area contributed by atoms with E-state index in [2.05, 4.69) is 0 Å². The van der Waals surface area contributed by atoms with Crippen LogP contribution in [0, 0.1) is 5.92 Å². The molecule has 0 amide bonds. The quantitative estimate of drug-likeness (QED) is 0.0677. The first-order valence-electron chi connectivity index (χ1n) is 15.5. The molecule has 3 unspecified atom stereocenters. The Morgan fingerprint density at radius 1 is 0.792 bits per heavy atom. The second-order valence-electron chi connectivity index (χ2n) is 12.7. The Bertz CT molecular complexity index is 2110. The fourth-order valence-electron chi connectivity index (χ4n) is 6.73. The van der Waals surface area contributed by atoms with Gasteiger partial charge in [-0.05, 0) is 81.6 Å². The van der Waals surface area contributed by atoms with Gasteiger partial charge in [-0.3, -0.25) is 4.79 Å². The summed E-state index contributed by atoms with van der Waals surface area (Å²) in [5.41, 5.74) is 3.78. The van der Waals surface area contributed by atoms with Gasteiger partial charge in [-0.15, -0.1) is 0 Å². The minimum atomic E-state index is -0.950. The predicted octanol–water partition coefficient (Wildman–Crippen LogP) is 8.26. The molecule has 3 atom stereocenters. The predicted molar refractivity (Wildman–Crippen MR) is 181 cm³/mol. The number of fused-ring (bicyclic) bond motifs is 1. The van der Waals surface area contributed by atoms with Crippen molar-refractivity contribution in [2.75, 3.05) is 0 Å². The second kappa shape index (κ2) is 12.4. The summed E-state index contributed by atoms with van der Waals surface area (Å²) < 4.78 is 5.97. The number of benzene rings is 4. The molecule has 1 aliphatic rings. The maximum absolute atomic E-state index is 14.6. The van der Waals surface area contributed by atoms with Crippen LogP contribution in [0.1, 0.15) is 66.1 Å². The van der Waals surface area contributed by atoms with Crippen LogP contribution in [0.5, 0.6) is 40.2 Å². The molecule has 0 aliphatic heterocycles. The number of ketones is 1. The SMILES string of the molecule is CC(C)=CCc1c(O)ccc(C2CC(C)=CC(c3cc4cc(-c5cc(O)cc(O)c5)oc4cc3O)C2C(=O)c2ccc(O)cc2O)c1O. The van der Waals surface area contributed by atoms with E-state index in [1.807, 2.05) is 32.9 Å². The summed E-state index contributed by atoms with van der Waals surface area (Å²) in [6.07, 6.45) is 4.42. The van der Waals surface area contributed by atoms with E-state index < -0.39 is 29.3 Å². The molecule has 9 heteroatoms. The topological polar surface area (TPSA) is 172 Å². The van der Waals surface area contributed by atoms with Gasteiger partial charge >= 0.3 is 0 Å². The number of Topliss-reactive ketones (excluding diaryl/α,β-unsaturated/α-hetero) is 1. The summed E-state index contributed by atoms with van der Waals surface area (Å²) >= 11 is 0. The molecular weight excluding hydrogens is 612 g/mol.